The van der Waals surface area contributed by atoms with Gasteiger partial charge in [0, 0.05) is 0 Å². The van der Waals surface area contributed by atoms with E-state index in [4.69, 9.17) is 9.47 Å². The highest BCUT2D eigenvalue weighted by molar-refractivity contribution is 5.90. The van der Waals surface area contributed by atoms with Gasteiger partial charge in [0.2, 0.25) is 0 Å². The van der Waals surface area contributed by atoms with E-state index in [0.29, 0.717) is 17.5 Å². The van der Waals surface area contributed by atoms with Crippen LogP contribution in [0.25, 0.3) is 0 Å². The van der Waals surface area contributed by atoms with Gasteiger partial charge in [-0.25, -0.2) is 9.59 Å². The van der Waals surface area contributed by atoms with E-state index in [-0.39, 0.29) is 6.61 Å². The average Bonchev–Trinajstić information content (AvgIpc) is 2.67. The minimum absolute atomic E-state index is 0.0655. The van der Waals surface area contributed by atoms with Gasteiger partial charge in [0.15, 0.2) is 0 Å². The van der Waals surface area contributed by atoms with Crippen LogP contribution in [0.15, 0.2) is 60.7 Å². The van der Waals surface area contributed by atoms with Gasteiger partial charge < -0.3 is 9.47 Å². The predicted octanol–water partition coefficient (Wildman–Crippen LogP) is 4.65. The quantitative estimate of drug-likeness (QED) is 0.492. The fourth-order valence-electron chi connectivity index (χ4n) is 2.42. The highest BCUT2D eigenvalue weighted by Crippen LogP contribution is 2.12. The fraction of sp³-hybridized carbons (Fsp3) is 0.333. The van der Waals surface area contributed by atoms with Crippen molar-refractivity contribution in [1.82, 2.24) is 0 Å². The summed E-state index contributed by atoms with van der Waals surface area (Å²) < 4.78 is 10.9. The molecule has 0 aliphatic rings. The molecule has 0 N–H and O–H groups in total. The first-order valence-electron chi connectivity index (χ1n) is 8.69. The molecule has 0 heterocycles. The van der Waals surface area contributed by atoms with Crippen molar-refractivity contribution < 1.29 is 19.1 Å². The summed E-state index contributed by atoms with van der Waals surface area (Å²) in [5, 5.41) is 0. The van der Waals surface area contributed by atoms with Crippen molar-refractivity contribution in [1.29, 1.82) is 0 Å². The molecule has 1 unspecified atom stereocenters. The minimum atomic E-state index is -0.438. The number of rotatable bonds is 9. The van der Waals surface area contributed by atoms with Gasteiger partial charge in [-0.1, -0.05) is 56.2 Å². The smallest absolute Gasteiger partial charge is 0.338 e. The lowest BCUT2D eigenvalue weighted by Crippen LogP contribution is -2.25. The lowest BCUT2D eigenvalue weighted by atomic mass is 10.1. The normalized spacial score (nSPS) is 11.6. The number of ether oxygens (including phenoxy) is 2. The minimum Gasteiger partial charge on any atom is -0.458 e. The SMILES string of the molecule is CCCCCC(COC(=O)c1ccccc1)OC(=O)c1ccccc1. The molecule has 25 heavy (non-hydrogen) atoms. The van der Waals surface area contributed by atoms with Gasteiger partial charge >= 0.3 is 11.9 Å². The fourth-order valence-corrected chi connectivity index (χ4v) is 2.42. The number of carbonyl (C=O) groups is 2. The van der Waals surface area contributed by atoms with Crippen LogP contribution in [0, 0.1) is 0 Å². The van der Waals surface area contributed by atoms with Crippen molar-refractivity contribution in [3.05, 3.63) is 71.8 Å². The number of benzene rings is 2. The summed E-state index contributed by atoms with van der Waals surface area (Å²) in [6.07, 6.45) is 3.28. The lowest BCUT2D eigenvalue weighted by molar-refractivity contribution is -0.00338. The molecular weight excluding hydrogens is 316 g/mol. The molecule has 2 aromatic rings. The van der Waals surface area contributed by atoms with Crippen LogP contribution >= 0.6 is 0 Å². The molecule has 0 aliphatic carbocycles. The van der Waals surface area contributed by atoms with Crippen molar-refractivity contribution in [3.63, 3.8) is 0 Å². The van der Waals surface area contributed by atoms with E-state index in [0.717, 1.165) is 19.3 Å². The van der Waals surface area contributed by atoms with E-state index < -0.39 is 18.0 Å². The summed E-state index contributed by atoms with van der Waals surface area (Å²) in [5.74, 6) is -0.797. The summed E-state index contributed by atoms with van der Waals surface area (Å²) in [6, 6.07) is 17.6. The Morgan fingerprint density at radius 1 is 0.840 bits per heavy atom. The maximum absolute atomic E-state index is 12.2. The van der Waals surface area contributed by atoms with Crippen molar-refractivity contribution >= 4 is 11.9 Å². The van der Waals surface area contributed by atoms with Crippen molar-refractivity contribution in [2.75, 3.05) is 6.61 Å². The van der Waals surface area contributed by atoms with Crippen LogP contribution in [-0.4, -0.2) is 24.6 Å². The molecule has 2 rings (SSSR count). The first-order valence-corrected chi connectivity index (χ1v) is 8.69. The molecule has 0 saturated heterocycles. The highest BCUT2D eigenvalue weighted by atomic mass is 16.6. The summed E-state index contributed by atoms with van der Waals surface area (Å²) in [6.45, 7) is 2.18. The molecule has 0 spiro atoms. The van der Waals surface area contributed by atoms with E-state index in [1.54, 1.807) is 48.5 Å². The van der Waals surface area contributed by atoms with Gasteiger partial charge in [0.1, 0.15) is 12.7 Å². The monoisotopic (exact) mass is 340 g/mol. The topological polar surface area (TPSA) is 52.6 Å². The second-order valence-electron chi connectivity index (χ2n) is 5.85. The van der Waals surface area contributed by atoms with Crippen LogP contribution in [0.2, 0.25) is 0 Å². The predicted molar refractivity (Wildman–Crippen MR) is 96.5 cm³/mol. The molecule has 0 saturated carbocycles. The Morgan fingerprint density at radius 2 is 1.40 bits per heavy atom. The van der Waals surface area contributed by atoms with Gasteiger partial charge in [0.05, 0.1) is 11.1 Å². The number of esters is 2. The molecule has 4 heteroatoms. The third kappa shape index (κ3) is 6.42. The number of unbranched alkanes of at least 4 members (excludes halogenated alkanes) is 2. The Bertz CT molecular complexity index is 652. The van der Waals surface area contributed by atoms with E-state index in [9.17, 15) is 9.59 Å². The molecule has 132 valence electrons. The average molecular weight is 340 g/mol. The molecule has 0 bridgehead atoms. The van der Waals surface area contributed by atoms with E-state index in [2.05, 4.69) is 6.92 Å². The third-order valence-electron chi connectivity index (χ3n) is 3.82. The maximum Gasteiger partial charge on any atom is 0.338 e. The zero-order valence-corrected chi connectivity index (χ0v) is 14.5. The van der Waals surface area contributed by atoms with Gasteiger partial charge in [-0.05, 0) is 37.1 Å². The molecular formula is C21H24O4. The van der Waals surface area contributed by atoms with E-state index in [1.807, 2.05) is 12.1 Å². The Labute approximate surface area is 148 Å². The van der Waals surface area contributed by atoms with Crippen LogP contribution in [0.3, 0.4) is 0 Å². The van der Waals surface area contributed by atoms with Crippen LogP contribution in [-0.2, 0) is 9.47 Å². The van der Waals surface area contributed by atoms with E-state index in [1.165, 1.54) is 0 Å². The number of hydrogen-bond donors (Lipinski definition) is 0. The molecule has 0 aliphatic heterocycles. The third-order valence-corrected chi connectivity index (χ3v) is 3.82. The Balaban J connectivity index is 1.93. The van der Waals surface area contributed by atoms with Crippen molar-refractivity contribution in [2.24, 2.45) is 0 Å². The van der Waals surface area contributed by atoms with Gasteiger partial charge in [0.25, 0.3) is 0 Å². The number of carbonyl (C=O) groups excluding carboxylic acids is 2. The van der Waals surface area contributed by atoms with Crippen molar-refractivity contribution in [2.45, 2.75) is 38.7 Å². The molecule has 0 radical (unpaired) electrons. The standard InChI is InChI=1S/C21H24O4/c1-2-3-6-15-19(25-21(23)18-13-9-5-10-14-18)16-24-20(22)17-11-7-4-8-12-17/h4-5,7-14,19H,2-3,6,15-16H2,1H3. The molecule has 1 atom stereocenters. The Morgan fingerprint density at radius 3 is 1.96 bits per heavy atom. The number of hydrogen-bond acceptors (Lipinski definition) is 4. The van der Waals surface area contributed by atoms with Crippen molar-refractivity contribution in [3.8, 4) is 0 Å². The van der Waals surface area contributed by atoms with Gasteiger partial charge in [-0.15, -0.1) is 0 Å². The first kappa shape index (κ1) is 18.7. The largest absolute Gasteiger partial charge is 0.458 e. The second-order valence-corrected chi connectivity index (χ2v) is 5.85. The van der Waals surface area contributed by atoms with Crippen LogP contribution in [0.1, 0.15) is 53.3 Å². The molecule has 2 aromatic carbocycles. The summed E-state index contributed by atoms with van der Waals surface area (Å²) in [5.41, 5.74) is 0.988. The van der Waals surface area contributed by atoms with Crippen LogP contribution < -0.4 is 0 Å². The van der Waals surface area contributed by atoms with Crippen LogP contribution in [0.5, 0.6) is 0 Å². The zero-order chi connectivity index (χ0) is 17.9. The van der Waals surface area contributed by atoms with Gasteiger partial charge in [-0.2, -0.15) is 0 Å². The molecule has 0 aromatic heterocycles. The molecule has 4 nitrogen and oxygen atoms in total. The molecule has 0 fully saturated rings. The van der Waals surface area contributed by atoms with Crippen LogP contribution in [0.4, 0.5) is 0 Å². The first-order chi connectivity index (χ1) is 12.2. The zero-order valence-electron chi connectivity index (χ0n) is 14.5. The Hall–Kier alpha value is -2.62. The summed E-state index contributed by atoms with van der Waals surface area (Å²) in [7, 11) is 0. The summed E-state index contributed by atoms with van der Waals surface area (Å²) in [4.78, 5) is 24.3. The maximum atomic E-state index is 12.2. The second kappa shape index (κ2) is 10.3. The highest BCUT2D eigenvalue weighted by Gasteiger charge is 2.18. The Kier molecular flexibility index (Phi) is 7.70. The summed E-state index contributed by atoms with van der Waals surface area (Å²) >= 11 is 0. The van der Waals surface area contributed by atoms with E-state index >= 15 is 0 Å². The molecule has 0 amide bonds. The lowest BCUT2D eigenvalue weighted by Gasteiger charge is -2.18. The van der Waals surface area contributed by atoms with Gasteiger partial charge in [-0.3, -0.25) is 0 Å².